The number of nitrogens with zero attached hydrogens (tertiary/aromatic N) is 1. The molecule has 1 aromatic rings. The van der Waals surface area contributed by atoms with Crippen LogP contribution in [-0.4, -0.2) is 43.1 Å². The van der Waals surface area contributed by atoms with E-state index in [9.17, 15) is 5.11 Å². The molecule has 1 saturated carbocycles. The topological polar surface area (TPSA) is 32.7 Å². The molecule has 0 saturated heterocycles. The molecule has 0 unspecified atom stereocenters. The van der Waals surface area contributed by atoms with Crippen molar-refractivity contribution in [1.29, 1.82) is 0 Å². The monoisotopic (exact) mass is 290 g/mol. The third-order valence-electron chi connectivity index (χ3n) is 3.81. The lowest BCUT2D eigenvalue weighted by molar-refractivity contribution is -0.0277. The van der Waals surface area contributed by atoms with Crippen molar-refractivity contribution in [2.24, 2.45) is 0 Å². The SMILES string of the molecule is [2H]c1c([2H])c([C@@H](CN(C([2H])([2H])[2H])C([2H])([2H])[2H])C2(O)CCCCC2)c([2H])c([2H])c1OC([2H])([2H])[2H]. The van der Waals surface area contributed by atoms with Crippen LogP contribution in [-0.2, 0) is 0 Å². The van der Waals surface area contributed by atoms with Crippen molar-refractivity contribution >= 4 is 0 Å². The molecule has 20 heavy (non-hydrogen) atoms. The van der Waals surface area contributed by atoms with Crippen LogP contribution < -0.4 is 4.74 Å². The van der Waals surface area contributed by atoms with Gasteiger partial charge < -0.3 is 14.7 Å². The van der Waals surface area contributed by atoms with Gasteiger partial charge in [0.05, 0.1) is 22.2 Å². The molecule has 1 fully saturated rings. The van der Waals surface area contributed by atoms with Crippen LogP contribution >= 0.6 is 0 Å². The molecule has 0 bridgehead atoms. The fourth-order valence-electron chi connectivity index (χ4n) is 2.76. The van der Waals surface area contributed by atoms with Crippen molar-refractivity contribution in [2.75, 3.05) is 27.5 Å². The predicted molar refractivity (Wildman–Crippen MR) is 82.3 cm³/mol. The van der Waals surface area contributed by atoms with Gasteiger partial charge in [0.2, 0.25) is 0 Å². The number of hydrogen-bond acceptors (Lipinski definition) is 3. The minimum absolute atomic E-state index is 0.139. The Bertz CT molecular complexity index is 813. The fourth-order valence-corrected chi connectivity index (χ4v) is 2.76. The summed E-state index contributed by atoms with van der Waals surface area (Å²) in [5.41, 5.74) is -2.07. The van der Waals surface area contributed by atoms with E-state index in [1.807, 2.05) is 0 Å². The van der Waals surface area contributed by atoms with Crippen molar-refractivity contribution in [1.82, 2.24) is 4.90 Å². The fraction of sp³-hybridized carbons (Fsp3) is 0.647. The first kappa shape index (κ1) is 5.62. The van der Waals surface area contributed by atoms with Gasteiger partial charge >= 0.3 is 0 Å². The first-order valence-corrected chi connectivity index (χ1v) is 6.59. The Morgan fingerprint density at radius 1 is 1.30 bits per heavy atom. The smallest absolute Gasteiger partial charge is 0.118 e. The van der Waals surface area contributed by atoms with Crippen LogP contribution in [0, 0.1) is 0 Å². The zero-order valence-corrected chi connectivity index (χ0v) is 11.1. The molecule has 0 amide bonds. The van der Waals surface area contributed by atoms with Crippen molar-refractivity contribution in [3.63, 3.8) is 0 Å². The Morgan fingerprint density at radius 3 is 2.60 bits per heavy atom. The summed E-state index contributed by atoms with van der Waals surface area (Å²) >= 11 is 0. The molecule has 0 heterocycles. The number of rotatable bonds is 5. The number of ether oxygens (including phenoxy) is 1. The normalized spacial score (nSPS) is 31.2. The average molecular weight is 290 g/mol. The Balaban J connectivity index is 2.75. The van der Waals surface area contributed by atoms with Gasteiger partial charge in [-0.05, 0) is 44.4 Å². The minimum atomic E-state index is -3.10. The van der Waals surface area contributed by atoms with Crippen LogP contribution in [0.3, 0.4) is 0 Å². The molecule has 0 aliphatic heterocycles. The molecule has 112 valence electrons. The van der Waals surface area contributed by atoms with Crippen LogP contribution in [0.1, 0.15) is 61.4 Å². The zero-order chi connectivity index (χ0) is 25.6. The lowest BCUT2D eigenvalue weighted by Crippen LogP contribution is -2.42. The molecule has 1 aromatic carbocycles. The van der Waals surface area contributed by atoms with Crippen LogP contribution in [0.4, 0.5) is 0 Å². The molecule has 0 aromatic heterocycles. The largest absolute Gasteiger partial charge is 0.497 e. The molecular weight excluding hydrogens is 250 g/mol. The highest BCUT2D eigenvalue weighted by Gasteiger charge is 2.38. The summed E-state index contributed by atoms with van der Waals surface area (Å²) in [6.45, 7) is -6.99. The molecule has 1 N–H and O–H groups in total. The van der Waals surface area contributed by atoms with E-state index in [0.717, 1.165) is 6.42 Å². The first-order valence-electron chi connectivity index (χ1n) is 13.1. The van der Waals surface area contributed by atoms with Crippen LogP contribution in [0.15, 0.2) is 24.2 Å². The summed E-state index contributed by atoms with van der Waals surface area (Å²) in [6.07, 6.45) is 2.13. The Hall–Kier alpha value is -1.06. The third kappa shape index (κ3) is 3.53. The molecule has 0 radical (unpaired) electrons. The predicted octanol–water partition coefficient (Wildman–Crippen LogP) is 3.04. The van der Waals surface area contributed by atoms with E-state index in [1.54, 1.807) is 0 Å². The lowest BCUT2D eigenvalue weighted by atomic mass is 9.72. The maximum Gasteiger partial charge on any atom is 0.118 e. The van der Waals surface area contributed by atoms with E-state index in [4.69, 9.17) is 17.8 Å². The van der Waals surface area contributed by atoms with E-state index < -0.39 is 69.0 Å². The third-order valence-corrected chi connectivity index (χ3v) is 3.81. The van der Waals surface area contributed by atoms with Crippen LogP contribution in [0.5, 0.6) is 5.75 Å². The van der Waals surface area contributed by atoms with Gasteiger partial charge in [-0.2, -0.15) is 0 Å². The first-order chi connectivity index (χ1) is 14.8. The standard InChI is InChI=1S/C17H27NO2/c1-18(2)13-16(17(19)11-5-4-6-12-17)14-7-9-15(20-3)10-8-14/h7-10,16,19H,4-6,11-13H2,1-3H3/t16-/m1/s1/i1D3,2D3,3D3,7D,8D,9D,10D. The highest BCUT2D eigenvalue weighted by atomic mass is 16.5. The summed E-state index contributed by atoms with van der Waals surface area (Å²) in [6, 6.07) is -3.09. The molecule has 3 heteroatoms. The molecule has 0 spiro atoms. The van der Waals surface area contributed by atoms with Gasteiger partial charge in [-0.1, -0.05) is 31.3 Å². The number of likely N-dealkylation sites (N-methyl/N-ethyl adjacent to an activating group) is 1. The van der Waals surface area contributed by atoms with Gasteiger partial charge in [0.25, 0.3) is 0 Å². The van der Waals surface area contributed by atoms with Gasteiger partial charge in [-0.25, -0.2) is 0 Å². The lowest BCUT2D eigenvalue weighted by Gasteiger charge is -2.40. The highest BCUT2D eigenvalue weighted by Crippen LogP contribution is 2.40. The van der Waals surface area contributed by atoms with E-state index in [0.29, 0.717) is 12.8 Å². The number of methoxy groups -OCH3 is 1. The number of aliphatic hydroxyl groups is 1. The highest BCUT2D eigenvalue weighted by molar-refractivity contribution is 5.31. The summed E-state index contributed by atoms with van der Waals surface area (Å²) < 4.78 is 105. The van der Waals surface area contributed by atoms with Crippen molar-refractivity contribution in [3.8, 4) is 5.75 Å². The second kappa shape index (κ2) is 6.59. The van der Waals surface area contributed by atoms with Gasteiger partial charge in [-0.15, -0.1) is 0 Å². The summed E-state index contributed by atoms with van der Waals surface area (Å²) in [5, 5.41) is 11.4. The second-order valence-corrected chi connectivity index (χ2v) is 5.17. The molecule has 3 nitrogen and oxygen atoms in total. The summed E-state index contributed by atoms with van der Waals surface area (Å²) in [5.74, 6) is -2.22. The second-order valence-electron chi connectivity index (χ2n) is 5.17. The number of hydrogen-bond donors (Lipinski definition) is 1. The summed E-state index contributed by atoms with van der Waals surface area (Å²) in [4.78, 5) is 0.218. The minimum Gasteiger partial charge on any atom is -0.497 e. The van der Waals surface area contributed by atoms with Crippen molar-refractivity contribution in [3.05, 3.63) is 29.7 Å². The molecule has 1 aliphatic rings. The van der Waals surface area contributed by atoms with Gasteiger partial charge in [0, 0.05) is 20.7 Å². The van der Waals surface area contributed by atoms with Crippen molar-refractivity contribution < 1.29 is 27.7 Å². The van der Waals surface area contributed by atoms with Crippen LogP contribution in [0.25, 0.3) is 0 Å². The van der Waals surface area contributed by atoms with E-state index in [2.05, 4.69) is 4.74 Å². The van der Waals surface area contributed by atoms with E-state index in [1.165, 1.54) is 0 Å². The maximum absolute atomic E-state index is 11.4. The van der Waals surface area contributed by atoms with E-state index in [-0.39, 0.29) is 23.3 Å². The maximum atomic E-state index is 11.4. The summed E-state index contributed by atoms with van der Waals surface area (Å²) in [7, 11) is -3.05. The Kier molecular flexibility index (Phi) is 1.85. The van der Waals surface area contributed by atoms with E-state index >= 15 is 0 Å². The number of benzene rings is 1. The zero-order valence-electron chi connectivity index (χ0n) is 24.1. The molecule has 2 rings (SSSR count). The van der Waals surface area contributed by atoms with Crippen LogP contribution in [0.2, 0.25) is 0 Å². The molecular formula is C17H27NO2. The Labute approximate surface area is 140 Å². The molecule has 1 aliphatic carbocycles. The average Bonchev–Trinajstić information content (AvgIpc) is 2.64. The van der Waals surface area contributed by atoms with Gasteiger partial charge in [0.1, 0.15) is 5.75 Å². The molecule has 1 atom stereocenters. The van der Waals surface area contributed by atoms with Gasteiger partial charge in [0.15, 0.2) is 0 Å². The quantitative estimate of drug-likeness (QED) is 0.905. The Morgan fingerprint density at radius 2 is 2.00 bits per heavy atom. The van der Waals surface area contributed by atoms with Crippen molar-refractivity contribution in [2.45, 2.75) is 43.6 Å². The van der Waals surface area contributed by atoms with Gasteiger partial charge in [-0.3, -0.25) is 0 Å².